The van der Waals surface area contributed by atoms with Crippen molar-refractivity contribution in [3.05, 3.63) is 224 Å². The molecular formula is C54H37NO. The summed E-state index contributed by atoms with van der Waals surface area (Å²) in [6, 6.07) is 80.1. The van der Waals surface area contributed by atoms with Gasteiger partial charge in [0.25, 0.3) is 0 Å². The molecule has 9 aromatic carbocycles. The van der Waals surface area contributed by atoms with Gasteiger partial charge in [-0.1, -0.05) is 158 Å². The summed E-state index contributed by atoms with van der Waals surface area (Å²) < 4.78 is 6.20. The minimum absolute atomic E-state index is 0.879. The Hall–Kier alpha value is -7.42. The molecule has 0 atom stereocenters. The molecule has 0 amide bonds. The van der Waals surface area contributed by atoms with Gasteiger partial charge in [-0.3, -0.25) is 0 Å². The van der Waals surface area contributed by atoms with E-state index in [-0.39, 0.29) is 0 Å². The zero-order valence-electron chi connectivity index (χ0n) is 30.7. The summed E-state index contributed by atoms with van der Waals surface area (Å²) in [6.45, 7) is 0. The first kappa shape index (κ1) is 33.2. The molecule has 0 aliphatic carbocycles. The first-order valence-corrected chi connectivity index (χ1v) is 19.1. The van der Waals surface area contributed by atoms with E-state index in [2.05, 4.69) is 211 Å². The molecule has 0 unspecified atom stereocenters. The second-order valence-corrected chi connectivity index (χ2v) is 14.2. The van der Waals surface area contributed by atoms with Crippen molar-refractivity contribution in [1.29, 1.82) is 0 Å². The lowest BCUT2D eigenvalue weighted by Crippen LogP contribution is -2.09. The van der Waals surface area contributed by atoms with Crippen molar-refractivity contribution in [3.8, 4) is 55.8 Å². The molecule has 0 aliphatic rings. The van der Waals surface area contributed by atoms with Crippen molar-refractivity contribution in [2.75, 3.05) is 4.90 Å². The molecule has 0 N–H and O–H groups in total. The molecule has 0 saturated heterocycles. The van der Waals surface area contributed by atoms with Crippen molar-refractivity contribution in [3.63, 3.8) is 0 Å². The fourth-order valence-electron chi connectivity index (χ4n) is 7.72. The summed E-state index contributed by atoms with van der Waals surface area (Å²) in [5.74, 6) is 0.879. The number of hydrogen-bond acceptors (Lipinski definition) is 2. The van der Waals surface area contributed by atoms with Crippen LogP contribution in [0.25, 0.3) is 77.6 Å². The molecule has 0 aliphatic heterocycles. The van der Waals surface area contributed by atoms with E-state index in [1.165, 1.54) is 49.7 Å². The lowest BCUT2D eigenvalue weighted by atomic mass is 9.98. The molecule has 1 aromatic heterocycles. The molecule has 0 spiro atoms. The molecule has 264 valence electrons. The normalized spacial score (nSPS) is 11.2. The zero-order chi connectivity index (χ0) is 37.3. The highest BCUT2D eigenvalue weighted by molar-refractivity contribution is 5.93. The van der Waals surface area contributed by atoms with Crippen molar-refractivity contribution in [2.24, 2.45) is 0 Å². The second-order valence-electron chi connectivity index (χ2n) is 14.2. The Morgan fingerprint density at radius 3 is 1.34 bits per heavy atom. The van der Waals surface area contributed by atoms with Crippen molar-refractivity contribution in [2.45, 2.75) is 0 Å². The number of hydrogen-bond donors (Lipinski definition) is 0. The molecule has 0 saturated carbocycles. The minimum Gasteiger partial charge on any atom is -0.456 e. The van der Waals surface area contributed by atoms with Crippen LogP contribution < -0.4 is 4.90 Å². The van der Waals surface area contributed by atoms with Crippen LogP contribution in [-0.4, -0.2) is 0 Å². The minimum atomic E-state index is 0.879. The van der Waals surface area contributed by atoms with Gasteiger partial charge in [-0.2, -0.15) is 0 Å². The smallest absolute Gasteiger partial charge is 0.135 e. The van der Waals surface area contributed by atoms with Crippen LogP contribution in [0, 0.1) is 0 Å². The molecule has 2 heteroatoms. The van der Waals surface area contributed by atoms with Crippen molar-refractivity contribution in [1.82, 2.24) is 0 Å². The molecule has 2 nitrogen and oxygen atoms in total. The van der Waals surface area contributed by atoms with Gasteiger partial charge < -0.3 is 9.32 Å². The maximum absolute atomic E-state index is 6.20. The third-order valence-corrected chi connectivity index (χ3v) is 10.6. The van der Waals surface area contributed by atoms with E-state index in [0.29, 0.717) is 0 Å². The standard InChI is InChI=1S/C54H37NO/c1-3-11-38(12-4-1)40-23-28-50(29-24-40)55(51-30-25-41(26-31-51)43-17-9-16-42(33-43)39-13-5-2-6-14-39)52-32-27-46-34-45(21-22-47(46)36-52)44-18-10-19-48(35-44)54-37-49-15-7-8-20-53(49)56-54/h1-37H. The lowest BCUT2D eigenvalue weighted by molar-refractivity contribution is 0.631. The lowest BCUT2D eigenvalue weighted by Gasteiger charge is -2.26. The third-order valence-electron chi connectivity index (χ3n) is 10.6. The van der Waals surface area contributed by atoms with Crippen molar-refractivity contribution < 1.29 is 4.42 Å². The number of rotatable bonds is 8. The van der Waals surface area contributed by atoms with Gasteiger partial charge in [-0.25, -0.2) is 0 Å². The number of benzene rings is 9. The molecule has 0 fully saturated rings. The van der Waals surface area contributed by atoms with Gasteiger partial charge in [-0.15, -0.1) is 0 Å². The first-order chi connectivity index (χ1) is 27.7. The van der Waals surface area contributed by atoms with E-state index < -0.39 is 0 Å². The maximum Gasteiger partial charge on any atom is 0.135 e. The largest absolute Gasteiger partial charge is 0.456 e. The average Bonchev–Trinajstić information content (AvgIpc) is 3.72. The van der Waals surface area contributed by atoms with Gasteiger partial charge in [-0.05, 0) is 122 Å². The Morgan fingerprint density at radius 2 is 0.679 bits per heavy atom. The van der Waals surface area contributed by atoms with E-state index in [4.69, 9.17) is 4.42 Å². The van der Waals surface area contributed by atoms with Gasteiger partial charge in [0, 0.05) is 28.0 Å². The van der Waals surface area contributed by atoms with Crippen LogP contribution in [0.5, 0.6) is 0 Å². The Bertz CT molecular complexity index is 2910. The second kappa shape index (κ2) is 14.4. The molecule has 0 bridgehead atoms. The highest BCUT2D eigenvalue weighted by atomic mass is 16.3. The summed E-state index contributed by atoms with van der Waals surface area (Å²) in [4.78, 5) is 2.35. The van der Waals surface area contributed by atoms with E-state index in [1.54, 1.807) is 0 Å². The molecule has 10 aromatic rings. The van der Waals surface area contributed by atoms with E-state index in [9.17, 15) is 0 Å². The van der Waals surface area contributed by atoms with Crippen LogP contribution in [0.4, 0.5) is 17.1 Å². The quantitative estimate of drug-likeness (QED) is 0.156. The van der Waals surface area contributed by atoms with Gasteiger partial charge in [0.05, 0.1) is 0 Å². The Balaban J connectivity index is 0.998. The molecule has 0 radical (unpaired) electrons. The number of anilines is 3. The third kappa shape index (κ3) is 6.55. The molecular weight excluding hydrogens is 679 g/mol. The molecule has 10 rings (SSSR count). The fraction of sp³-hybridized carbons (Fsp3) is 0. The summed E-state index contributed by atoms with van der Waals surface area (Å²) in [7, 11) is 0. The topological polar surface area (TPSA) is 16.4 Å². The van der Waals surface area contributed by atoms with Gasteiger partial charge >= 0.3 is 0 Å². The first-order valence-electron chi connectivity index (χ1n) is 19.1. The van der Waals surface area contributed by atoms with Crippen LogP contribution in [0.2, 0.25) is 0 Å². The number of furan rings is 1. The Kier molecular flexibility index (Phi) is 8.55. The maximum atomic E-state index is 6.20. The SMILES string of the molecule is c1ccc(-c2ccc(N(c3ccc(-c4cccc(-c5ccccc5)c4)cc3)c3ccc4cc(-c5cccc(-c6cc7ccccc7o6)c5)ccc4c3)cc2)cc1. The fourth-order valence-corrected chi connectivity index (χ4v) is 7.72. The number of fused-ring (bicyclic) bond motifs is 2. The van der Waals surface area contributed by atoms with Crippen LogP contribution in [0.15, 0.2) is 229 Å². The summed E-state index contributed by atoms with van der Waals surface area (Å²) in [5.41, 5.74) is 14.8. The van der Waals surface area contributed by atoms with Crippen LogP contribution >= 0.6 is 0 Å². The predicted octanol–water partition coefficient (Wildman–Crippen LogP) is 15.4. The number of para-hydroxylation sites is 1. The predicted molar refractivity (Wildman–Crippen MR) is 236 cm³/mol. The number of nitrogens with zero attached hydrogens (tertiary/aromatic N) is 1. The summed E-state index contributed by atoms with van der Waals surface area (Å²) in [5, 5.41) is 3.48. The van der Waals surface area contributed by atoms with Gasteiger partial charge in [0.1, 0.15) is 11.3 Å². The Morgan fingerprint density at radius 1 is 0.250 bits per heavy atom. The van der Waals surface area contributed by atoms with Gasteiger partial charge in [0.15, 0.2) is 0 Å². The monoisotopic (exact) mass is 715 g/mol. The Labute approximate surface area is 327 Å². The molecule has 1 heterocycles. The summed E-state index contributed by atoms with van der Waals surface area (Å²) >= 11 is 0. The van der Waals surface area contributed by atoms with Crippen LogP contribution in [0.1, 0.15) is 0 Å². The average molecular weight is 716 g/mol. The van der Waals surface area contributed by atoms with Crippen LogP contribution in [0.3, 0.4) is 0 Å². The molecule has 56 heavy (non-hydrogen) atoms. The van der Waals surface area contributed by atoms with Crippen molar-refractivity contribution >= 4 is 38.8 Å². The summed E-state index contributed by atoms with van der Waals surface area (Å²) in [6.07, 6.45) is 0. The zero-order valence-corrected chi connectivity index (χ0v) is 30.7. The van der Waals surface area contributed by atoms with Crippen LogP contribution in [-0.2, 0) is 0 Å². The highest BCUT2D eigenvalue weighted by Crippen LogP contribution is 2.39. The van der Waals surface area contributed by atoms with E-state index in [0.717, 1.165) is 44.9 Å². The van der Waals surface area contributed by atoms with Gasteiger partial charge in [0.2, 0.25) is 0 Å². The van der Waals surface area contributed by atoms with E-state index >= 15 is 0 Å². The van der Waals surface area contributed by atoms with E-state index in [1.807, 2.05) is 18.2 Å². The highest BCUT2D eigenvalue weighted by Gasteiger charge is 2.15.